The highest BCUT2D eigenvalue weighted by atomic mass is 35.5. The fraction of sp³-hybridized carbons (Fsp3) is 0.409. The number of carbonyl (C=O) groups is 1. The summed E-state index contributed by atoms with van der Waals surface area (Å²) < 4.78 is 27.8. The van der Waals surface area contributed by atoms with E-state index in [9.17, 15) is 13.2 Å². The third-order valence-electron chi connectivity index (χ3n) is 5.39. The van der Waals surface area contributed by atoms with Crippen molar-refractivity contribution in [3.05, 3.63) is 63.1 Å². The van der Waals surface area contributed by atoms with Gasteiger partial charge in [0.1, 0.15) is 0 Å². The molecule has 31 heavy (non-hydrogen) atoms. The van der Waals surface area contributed by atoms with E-state index in [1.807, 2.05) is 0 Å². The van der Waals surface area contributed by atoms with Crippen molar-refractivity contribution in [2.24, 2.45) is 0 Å². The summed E-state index contributed by atoms with van der Waals surface area (Å²) in [6.45, 7) is -0.454. The van der Waals surface area contributed by atoms with Gasteiger partial charge >= 0.3 is 0 Å². The minimum absolute atomic E-state index is 0.0438. The highest BCUT2D eigenvalue weighted by Gasteiger charge is 2.29. The van der Waals surface area contributed by atoms with Crippen molar-refractivity contribution in [2.45, 2.75) is 56.0 Å². The molecule has 1 saturated carbocycles. The quantitative estimate of drug-likeness (QED) is 0.495. The van der Waals surface area contributed by atoms with Gasteiger partial charge in [-0.15, -0.1) is 0 Å². The van der Waals surface area contributed by atoms with E-state index in [0.29, 0.717) is 20.6 Å². The Labute approximate surface area is 198 Å². The molecule has 0 aromatic heterocycles. The number of halogens is 3. The Kier molecular flexibility index (Phi) is 8.65. The molecule has 0 aliphatic heterocycles. The van der Waals surface area contributed by atoms with Crippen LogP contribution in [0.1, 0.15) is 44.1 Å². The van der Waals surface area contributed by atoms with E-state index in [1.54, 1.807) is 18.2 Å². The van der Waals surface area contributed by atoms with Crippen molar-refractivity contribution in [3.8, 4) is 0 Å². The van der Waals surface area contributed by atoms with Crippen molar-refractivity contribution < 1.29 is 13.2 Å². The Hall–Kier alpha value is -1.31. The minimum Gasteiger partial charge on any atom is -0.352 e. The van der Waals surface area contributed by atoms with Crippen LogP contribution in [0, 0.1) is 0 Å². The smallest absolute Gasteiger partial charge is 0.243 e. The van der Waals surface area contributed by atoms with Gasteiger partial charge in [0.15, 0.2) is 0 Å². The molecule has 0 heterocycles. The molecule has 1 fully saturated rings. The third-order valence-corrected chi connectivity index (χ3v) is 8.15. The second kappa shape index (κ2) is 11.0. The Morgan fingerprint density at radius 2 is 1.52 bits per heavy atom. The highest BCUT2D eigenvalue weighted by Crippen LogP contribution is 2.28. The Morgan fingerprint density at radius 1 is 0.935 bits per heavy atom. The van der Waals surface area contributed by atoms with Crippen LogP contribution in [-0.4, -0.2) is 31.2 Å². The number of nitrogens with one attached hydrogen (secondary N) is 1. The zero-order valence-corrected chi connectivity index (χ0v) is 20.1. The number of amides is 1. The van der Waals surface area contributed by atoms with Gasteiger partial charge in [-0.25, -0.2) is 8.42 Å². The fourth-order valence-electron chi connectivity index (χ4n) is 3.70. The Morgan fingerprint density at radius 3 is 2.10 bits per heavy atom. The van der Waals surface area contributed by atoms with Gasteiger partial charge in [-0.1, -0.05) is 66.6 Å². The SMILES string of the molecule is O=C(CN(Cc1c(Cl)cccc1Cl)S(=O)(=O)c1ccc(Cl)cc1)NC1CCCCCC1. The lowest BCUT2D eigenvalue weighted by molar-refractivity contribution is -0.122. The number of nitrogens with zero attached hydrogens (tertiary/aromatic N) is 1. The molecule has 5 nitrogen and oxygen atoms in total. The molecule has 0 spiro atoms. The molecular formula is C22H25Cl3N2O3S. The maximum absolute atomic E-state index is 13.4. The van der Waals surface area contributed by atoms with E-state index < -0.39 is 10.0 Å². The molecule has 3 rings (SSSR count). The van der Waals surface area contributed by atoms with Crippen LogP contribution in [0.3, 0.4) is 0 Å². The summed E-state index contributed by atoms with van der Waals surface area (Å²) in [6, 6.07) is 10.9. The molecule has 1 aliphatic rings. The minimum atomic E-state index is -4.00. The van der Waals surface area contributed by atoms with Gasteiger partial charge in [0.25, 0.3) is 0 Å². The van der Waals surface area contributed by atoms with E-state index in [1.165, 1.54) is 24.3 Å². The van der Waals surface area contributed by atoms with Gasteiger partial charge in [0.05, 0.1) is 11.4 Å². The molecule has 0 saturated heterocycles. The average molecular weight is 504 g/mol. The average Bonchev–Trinajstić information content (AvgIpc) is 2.99. The maximum Gasteiger partial charge on any atom is 0.243 e. The van der Waals surface area contributed by atoms with Crippen molar-refractivity contribution in [2.75, 3.05) is 6.54 Å². The predicted octanol–water partition coefficient (Wildman–Crippen LogP) is 5.68. The summed E-state index contributed by atoms with van der Waals surface area (Å²) in [4.78, 5) is 12.9. The summed E-state index contributed by atoms with van der Waals surface area (Å²) in [7, 11) is -4.00. The standard InChI is InChI=1S/C22H25Cl3N2O3S/c23-16-10-12-18(13-11-16)31(29,30)27(14-19-20(24)8-5-9-21(19)25)15-22(28)26-17-6-3-1-2-4-7-17/h5,8-13,17H,1-4,6-7,14-15H2,(H,26,28). The van der Waals surface area contributed by atoms with Crippen molar-refractivity contribution in [3.63, 3.8) is 0 Å². The first-order valence-electron chi connectivity index (χ1n) is 10.3. The molecule has 2 aromatic carbocycles. The van der Waals surface area contributed by atoms with Gasteiger partial charge < -0.3 is 5.32 Å². The number of rotatable bonds is 7. The van der Waals surface area contributed by atoms with Crippen LogP contribution in [0.4, 0.5) is 0 Å². The second-order valence-electron chi connectivity index (χ2n) is 7.68. The lowest BCUT2D eigenvalue weighted by Crippen LogP contribution is -2.43. The summed E-state index contributed by atoms with van der Waals surface area (Å²) in [5.41, 5.74) is 0.450. The molecule has 2 aromatic rings. The van der Waals surface area contributed by atoms with Gasteiger partial charge in [0.2, 0.25) is 15.9 Å². The maximum atomic E-state index is 13.4. The zero-order valence-electron chi connectivity index (χ0n) is 17.0. The topological polar surface area (TPSA) is 66.5 Å². The monoisotopic (exact) mass is 502 g/mol. The van der Waals surface area contributed by atoms with Crippen molar-refractivity contribution in [1.82, 2.24) is 9.62 Å². The molecular weight excluding hydrogens is 479 g/mol. The second-order valence-corrected chi connectivity index (χ2v) is 10.9. The molecule has 0 atom stereocenters. The summed E-state index contributed by atoms with van der Waals surface area (Å²) in [5.74, 6) is -0.340. The van der Waals surface area contributed by atoms with E-state index in [-0.39, 0.29) is 29.9 Å². The number of carbonyl (C=O) groups excluding carboxylic acids is 1. The third kappa shape index (κ3) is 6.59. The first-order chi connectivity index (χ1) is 14.8. The molecule has 1 N–H and O–H groups in total. The number of benzene rings is 2. The number of hydrogen-bond donors (Lipinski definition) is 1. The zero-order chi connectivity index (χ0) is 22.4. The Bertz CT molecular complexity index is 985. The molecule has 0 bridgehead atoms. The van der Waals surface area contributed by atoms with Crippen LogP contribution in [-0.2, 0) is 21.4 Å². The van der Waals surface area contributed by atoms with Crippen LogP contribution < -0.4 is 5.32 Å². The Balaban J connectivity index is 1.86. The van der Waals surface area contributed by atoms with E-state index in [2.05, 4.69) is 5.32 Å². The highest BCUT2D eigenvalue weighted by molar-refractivity contribution is 7.89. The van der Waals surface area contributed by atoms with Crippen LogP contribution in [0.15, 0.2) is 47.4 Å². The molecule has 9 heteroatoms. The van der Waals surface area contributed by atoms with Crippen LogP contribution in [0.25, 0.3) is 0 Å². The van der Waals surface area contributed by atoms with Crippen molar-refractivity contribution in [1.29, 1.82) is 0 Å². The predicted molar refractivity (Wildman–Crippen MR) is 125 cm³/mol. The first-order valence-corrected chi connectivity index (χ1v) is 12.8. The van der Waals surface area contributed by atoms with Crippen LogP contribution in [0.2, 0.25) is 15.1 Å². The molecule has 1 aliphatic carbocycles. The van der Waals surface area contributed by atoms with Gasteiger partial charge in [-0.3, -0.25) is 4.79 Å². The summed E-state index contributed by atoms with van der Waals surface area (Å²) in [5, 5.41) is 4.11. The van der Waals surface area contributed by atoms with Gasteiger partial charge in [-0.2, -0.15) is 4.31 Å². The molecule has 168 valence electrons. The largest absolute Gasteiger partial charge is 0.352 e. The summed E-state index contributed by atoms with van der Waals surface area (Å²) >= 11 is 18.5. The molecule has 1 amide bonds. The fourth-order valence-corrected chi connectivity index (χ4v) is 5.71. The molecule has 0 radical (unpaired) electrons. The lowest BCUT2D eigenvalue weighted by atomic mass is 10.1. The van der Waals surface area contributed by atoms with E-state index in [0.717, 1.165) is 42.8 Å². The molecule has 0 unspecified atom stereocenters. The first kappa shape index (κ1) is 24.3. The van der Waals surface area contributed by atoms with Crippen LogP contribution >= 0.6 is 34.8 Å². The van der Waals surface area contributed by atoms with Crippen molar-refractivity contribution >= 4 is 50.7 Å². The van der Waals surface area contributed by atoms with Gasteiger partial charge in [0, 0.05) is 33.2 Å². The lowest BCUT2D eigenvalue weighted by Gasteiger charge is -2.24. The summed E-state index contributed by atoms with van der Waals surface area (Å²) in [6.07, 6.45) is 6.26. The van der Waals surface area contributed by atoms with E-state index in [4.69, 9.17) is 34.8 Å². The number of hydrogen-bond acceptors (Lipinski definition) is 3. The van der Waals surface area contributed by atoms with E-state index >= 15 is 0 Å². The van der Waals surface area contributed by atoms with Crippen LogP contribution in [0.5, 0.6) is 0 Å². The normalized spacial score (nSPS) is 15.6. The number of sulfonamides is 1. The van der Waals surface area contributed by atoms with Gasteiger partial charge in [-0.05, 0) is 49.2 Å².